The minimum atomic E-state index is -1.06. The fourth-order valence-electron chi connectivity index (χ4n) is 2.08. The van der Waals surface area contributed by atoms with E-state index in [1.165, 1.54) is 4.52 Å². The van der Waals surface area contributed by atoms with Gasteiger partial charge in [-0.3, -0.25) is 14.7 Å². The second kappa shape index (κ2) is 3.91. The third kappa shape index (κ3) is 1.67. The molecule has 0 saturated heterocycles. The van der Waals surface area contributed by atoms with Crippen LogP contribution in [0.3, 0.4) is 0 Å². The number of carboxylic acid groups (broad SMARTS) is 1. The smallest absolute Gasteiger partial charge is 0.308 e. The number of carboxylic acids is 1. The van der Waals surface area contributed by atoms with E-state index in [1.54, 1.807) is 25.3 Å². The van der Waals surface area contributed by atoms with Crippen LogP contribution in [0.4, 0.5) is 0 Å². The first kappa shape index (κ1) is 11.4. The lowest BCUT2D eigenvalue weighted by Crippen LogP contribution is -2.23. The van der Waals surface area contributed by atoms with Gasteiger partial charge in [0.2, 0.25) is 0 Å². The van der Waals surface area contributed by atoms with Gasteiger partial charge in [0.15, 0.2) is 11.3 Å². The molecule has 0 aromatic carbocycles. The zero-order valence-corrected chi connectivity index (χ0v) is 10.0. The van der Waals surface area contributed by atoms with Crippen LogP contribution in [0.25, 0.3) is 16.7 Å². The molecule has 0 aliphatic carbocycles. The molecule has 7 heteroatoms. The molecule has 0 bridgehead atoms. The lowest BCUT2D eigenvalue weighted by atomic mass is 10.2. The summed E-state index contributed by atoms with van der Waals surface area (Å²) in [5.74, 6) is -1.06. The van der Waals surface area contributed by atoms with Gasteiger partial charge >= 0.3 is 5.97 Å². The van der Waals surface area contributed by atoms with Crippen LogP contribution in [0, 0.1) is 6.92 Å². The van der Waals surface area contributed by atoms with Gasteiger partial charge in [0.05, 0.1) is 17.4 Å². The summed E-state index contributed by atoms with van der Waals surface area (Å²) in [7, 11) is 0. The lowest BCUT2D eigenvalue weighted by Gasteiger charge is -2.02. The highest BCUT2D eigenvalue weighted by Gasteiger charge is 2.16. The quantitative estimate of drug-likeness (QED) is 0.697. The third-order valence-corrected chi connectivity index (χ3v) is 2.98. The predicted octanol–water partition coefficient (Wildman–Crippen LogP) is 0.506. The zero-order chi connectivity index (χ0) is 13.6. The van der Waals surface area contributed by atoms with Crippen LogP contribution in [0.2, 0.25) is 0 Å². The molecule has 96 valence electrons. The minimum absolute atomic E-state index is 0.177. The molecule has 3 aromatic rings. The van der Waals surface area contributed by atoms with Crippen LogP contribution in [-0.2, 0) is 11.2 Å². The van der Waals surface area contributed by atoms with Crippen molar-refractivity contribution >= 4 is 22.6 Å². The molecule has 0 radical (unpaired) electrons. The van der Waals surface area contributed by atoms with E-state index in [4.69, 9.17) is 5.11 Å². The number of hydrogen-bond acceptors (Lipinski definition) is 4. The van der Waals surface area contributed by atoms with Crippen molar-refractivity contribution in [1.29, 1.82) is 0 Å². The molecule has 0 aliphatic rings. The van der Waals surface area contributed by atoms with Crippen molar-refractivity contribution in [2.24, 2.45) is 0 Å². The second-order valence-corrected chi connectivity index (χ2v) is 4.22. The van der Waals surface area contributed by atoms with E-state index in [9.17, 15) is 9.59 Å². The summed E-state index contributed by atoms with van der Waals surface area (Å²) >= 11 is 0. The summed E-state index contributed by atoms with van der Waals surface area (Å²) in [6, 6.07) is 3.56. The van der Waals surface area contributed by atoms with Crippen LogP contribution in [0.1, 0.15) is 11.3 Å². The van der Waals surface area contributed by atoms with Crippen molar-refractivity contribution in [2.75, 3.05) is 0 Å². The Bertz CT molecular complexity index is 862. The largest absolute Gasteiger partial charge is 0.481 e. The number of rotatable bonds is 2. The Morgan fingerprint density at radius 2 is 2.32 bits per heavy atom. The first-order valence-corrected chi connectivity index (χ1v) is 5.64. The summed E-state index contributed by atoms with van der Waals surface area (Å²) in [5.41, 5.74) is 1.20. The van der Waals surface area contributed by atoms with Gasteiger partial charge in [0.25, 0.3) is 5.56 Å². The van der Waals surface area contributed by atoms with Crippen LogP contribution in [-0.4, -0.2) is 30.7 Å². The van der Waals surface area contributed by atoms with E-state index in [2.05, 4.69) is 15.1 Å². The maximum atomic E-state index is 12.3. The Hall–Kier alpha value is -2.70. The summed E-state index contributed by atoms with van der Waals surface area (Å²) in [4.78, 5) is 31.5. The molecule has 19 heavy (non-hydrogen) atoms. The molecule has 0 fully saturated rings. The van der Waals surface area contributed by atoms with E-state index in [0.29, 0.717) is 17.0 Å². The van der Waals surface area contributed by atoms with E-state index >= 15 is 0 Å². The summed E-state index contributed by atoms with van der Waals surface area (Å²) in [5, 5.41) is 12.4. The van der Waals surface area contributed by atoms with Crippen LogP contribution >= 0.6 is 0 Å². The molecule has 0 saturated carbocycles. The first-order valence-electron chi connectivity index (χ1n) is 5.64. The zero-order valence-electron chi connectivity index (χ0n) is 10.0. The maximum absolute atomic E-state index is 12.3. The number of fused-ring (bicyclic) bond motifs is 3. The van der Waals surface area contributed by atoms with Gasteiger partial charge in [-0.1, -0.05) is 0 Å². The molecular weight excluding hydrogens is 248 g/mol. The number of nitrogens with one attached hydrogen (secondary N) is 1. The SMILES string of the molecule is Cc1nc2c3cccnc3[nH]n2c(=O)c1CC(=O)O. The van der Waals surface area contributed by atoms with Gasteiger partial charge in [-0.25, -0.2) is 9.97 Å². The Balaban J connectivity index is 2.42. The number of aliphatic carboxylic acids is 1. The number of carbonyl (C=O) groups is 1. The number of hydrogen-bond donors (Lipinski definition) is 2. The fourth-order valence-corrected chi connectivity index (χ4v) is 2.08. The summed E-state index contributed by atoms with van der Waals surface area (Å²) < 4.78 is 1.24. The van der Waals surface area contributed by atoms with Gasteiger partial charge in [-0.2, -0.15) is 4.52 Å². The Kier molecular flexibility index (Phi) is 2.34. The Morgan fingerprint density at radius 1 is 1.53 bits per heavy atom. The number of nitrogens with zero attached hydrogens (tertiary/aromatic N) is 3. The molecule has 0 unspecified atom stereocenters. The highest BCUT2D eigenvalue weighted by molar-refractivity contribution is 5.89. The van der Waals surface area contributed by atoms with Gasteiger partial charge in [0, 0.05) is 11.9 Å². The van der Waals surface area contributed by atoms with Gasteiger partial charge in [-0.05, 0) is 19.1 Å². The molecule has 0 spiro atoms. The summed E-state index contributed by atoms with van der Waals surface area (Å²) in [6.45, 7) is 1.63. The molecule has 0 amide bonds. The maximum Gasteiger partial charge on any atom is 0.308 e. The molecule has 3 heterocycles. The number of aromatic amines is 1. The molecule has 3 rings (SSSR count). The fraction of sp³-hybridized carbons (Fsp3) is 0.167. The van der Waals surface area contributed by atoms with Crippen LogP contribution in [0.5, 0.6) is 0 Å². The first-order chi connectivity index (χ1) is 9.08. The second-order valence-electron chi connectivity index (χ2n) is 4.22. The van der Waals surface area contributed by atoms with E-state index in [1.807, 2.05) is 0 Å². The van der Waals surface area contributed by atoms with Crippen molar-refractivity contribution in [2.45, 2.75) is 13.3 Å². The van der Waals surface area contributed by atoms with Crippen molar-refractivity contribution in [1.82, 2.24) is 19.6 Å². The lowest BCUT2D eigenvalue weighted by molar-refractivity contribution is -0.136. The Labute approximate surface area is 106 Å². The topological polar surface area (TPSA) is 100 Å². The predicted molar refractivity (Wildman–Crippen MR) is 67.2 cm³/mol. The number of pyridine rings is 1. The highest BCUT2D eigenvalue weighted by atomic mass is 16.4. The normalized spacial score (nSPS) is 11.2. The Morgan fingerprint density at radius 3 is 3.05 bits per heavy atom. The van der Waals surface area contributed by atoms with Crippen molar-refractivity contribution in [3.8, 4) is 0 Å². The highest BCUT2D eigenvalue weighted by Crippen LogP contribution is 2.15. The minimum Gasteiger partial charge on any atom is -0.481 e. The van der Waals surface area contributed by atoms with Gasteiger partial charge in [-0.15, -0.1) is 0 Å². The van der Waals surface area contributed by atoms with Crippen LogP contribution in [0.15, 0.2) is 23.1 Å². The average molecular weight is 258 g/mol. The van der Waals surface area contributed by atoms with Crippen molar-refractivity contribution < 1.29 is 9.90 Å². The molecule has 7 nitrogen and oxygen atoms in total. The van der Waals surface area contributed by atoms with E-state index in [-0.39, 0.29) is 12.0 Å². The summed E-state index contributed by atoms with van der Waals surface area (Å²) in [6.07, 6.45) is 1.26. The van der Waals surface area contributed by atoms with E-state index in [0.717, 1.165) is 5.39 Å². The molecule has 0 aliphatic heterocycles. The molecule has 2 N–H and O–H groups in total. The van der Waals surface area contributed by atoms with Gasteiger partial charge in [0.1, 0.15) is 0 Å². The molecular formula is C12H10N4O3. The number of aryl methyl sites for hydroxylation is 1. The third-order valence-electron chi connectivity index (χ3n) is 2.98. The van der Waals surface area contributed by atoms with Crippen molar-refractivity contribution in [3.05, 3.63) is 39.9 Å². The monoisotopic (exact) mass is 258 g/mol. The van der Waals surface area contributed by atoms with E-state index < -0.39 is 11.5 Å². The van der Waals surface area contributed by atoms with Crippen LogP contribution < -0.4 is 5.56 Å². The number of H-pyrrole nitrogens is 1. The number of aromatic nitrogens is 4. The average Bonchev–Trinajstić information content (AvgIpc) is 2.73. The standard InChI is InChI=1S/C12H10N4O3/c1-6-8(5-9(17)18)12(19)16-11(14-6)7-3-2-4-13-10(7)15-16/h2-4H,5H2,1H3,(H,13,15)(H,17,18). The van der Waals surface area contributed by atoms with Gasteiger partial charge < -0.3 is 5.11 Å². The van der Waals surface area contributed by atoms with Crippen molar-refractivity contribution in [3.63, 3.8) is 0 Å². The molecule has 3 aromatic heterocycles. The molecule has 0 atom stereocenters.